The van der Waals surface area contributed by atoms with Crippen LogP contribution in [0.1, 0.15) is 30.1 Å². The van der Waals surface area contributed by atoms with Crippen molar-refractivity contribution in [2.45, 2.75) is 25.8 Å². The van der Waals surface area contributed by atoms with Gasteiger partial charge in [0.2, 0.25) is 0 Å². The summed E-state index contributed by atoms with van der Waals surface area (Å²) in [5.41, 5.74) is 0.573. The molecule has 0 aromatic heterocycles. The smallest absolute Gasteiger partial charge is 0.251 e. The van der Waals surface area contributed by atoms with Crippen molar-refractivity contribution in [3.8, 4) is 11.5 Å². The van der Waals surface area contributed by atoms with E-state index in [0.717, 1.165) is 32.5 Å². The van der Waals surface area contributed by atoms with Crippen LogP contribution in [0.5, 0.6) is 11.5 Å². The molecule has 5 heteroatoms. The van der Waals surface area contributed by atoms with E-state index in [4.69, 9.17) is 9.47 Å². The van der Waals surface area contributed by atoms with Gasteiger partial charge in [0.25, 0.3) is 5.91 Å². The van der Waals surface area contributed by atoms with Gasteiger partial charge in [-0.15, -0.1) is 0 Å². The predicted molar refractivity (Wildman–Crippen MR) is 82.1 cm³/mol. The monoisotopic (exact) mass is 292 g/mol. The second-order valence-corrected chi connectivity index (χ2v) is 5.28. The molecule has 0 spiro atoms. The first kappa shape index (κ1) is 15.6. The van der Waals surface area contributed by atoms with Crippen LogP contribution in [0.3, 0.4) is 0 Å². The molecule has 21 heavy (non-hydrogen) atoms. The Bertz CT molecular complexity index is 460. The number of benzene rings is 1. The van der Waals surface area contributed by atoms with E-state index in [-0.39, 0.29) is 11.9 Å². The number of piperidine rings is 1. The molecule has 116 valence electrons. The first-order valence-corrected chi connectivity index (χ1v) is 7.42. The van der Waals surface area contributed by atoms with E-state index in [0.29, 0.717) is 17.1 Å². The molecular formula is C16H24N2O3. The summed E-state index contributed by atoms with van der Waals surface area (Å²) in [5, 5.41) is 3.11. The van der Waals surface area contributed by atoms with E-state index in [9.17, 15) is 4.79 Å². The van der Waals surface area contributed by atoms with Crippen molar-refractivity contribution in [3.63, 3.8) is 0 Å². The number of carbonyl (C=O) groups is 1. The van der Waals surface area contributed by atoms with Crippen molar-refractivity contribution >= 4 is 5.91 Å². The third-order valence-electron chi connectivity index (χ3n) is 3.98. The molecule has 1 aliphatic rings. The molecule has 1 fully saturated rings. The zero-order valence-corrected chi connectivity index (χ0v) is 13.0. The molecule has 1 aromatic rings. The Labute approximate surface area is 126 Å². The molecule has 0 aliphatic carbocycles. The van der Waals surface area contributed by atoms with Crippen molar-refractivity contribution in [1.29, 1.82) is 0 Å². The minimum atomic E-state index is -0.0675. The van der Waals surface area contributed by atoms with Crippen molar-refractivity contribution in [2.24, 2.45) is 0 Å². The Morgan fingerprint density at radius 2 is 1.76 bits per heavy atom. The zero-order valence-electron chi connectivity index (χ0n) is 13.0. The van der Waals surface area contributed by atoms with Crippen LogP contribution in [0.2, 0.25) is 0 Å². The SMILES string of the molecule is CCN1CCC(NC(=O)c2cc(OC)cc(OC)c2)CC1. The molecular weight excluding hydrogens is 268 g/mol. The van der Waals surface area contributed by atoms with E-state index in [2.05, 4.69) is 17.1 Å². The van der Waals surface area contributed by atoms with E-state index in [1.54, 1.807) is 32.4 Å². The maximum atomic E-state index is 12.4. The van der Waals surface area contributed by atoms with Crippen LogP contribution in [-0.4, -0.2) is 50.7 Å². The molecule has 5 nitrogen and oxygen atoms in total. The number of hydrogen-bond donors (Lipinski definition) is 1. The summed E-state index contributed by atoms with van der Waals surface area (Å²) in [6.07, 6.45) is 2.00. The minimum absolute atomic E-state index is 0.0675. The van der Waals surface area contributed by atoms with Crippen LogP contribution in [0, 0.1) is 0 Å². The van der Waals surface area contributed by atoms with Gasteiger partial charge in [-0.1, -0.05) is 6.92 Å². The van der Waals surface area contributed by atoms with Crippen molar-refractivity contribution in [2.75, 3.05) is 33.9 Å². The van der Waals surface area contributed by atoms with Gasteiger partial charge in [-0.3, -0.25) is 4.79 Å². The van der Waals surface area contributed by atoms with Gasteiger partial charge >= 0.3 is 0 Å². The lowest BCUT2D eigenvalue weighted by Crippen LogP contribution is -2.44. The highest BCUT2D eigenvalue weighted by Gasteiger charge is 2.20. The van der Waals surface area contributed by atoms with Crippen LogP contribution < -0.4 is 14.8 Å². The van der Waals surface area contributed by atoms with Gasteiger partial charge in [0.1, 0.15) is 11.5 Å². The molecule has 2 rings (SSSR count). The third kappa shape index (κ3) is 4.11. The summed E-state index contributed by atoms with van der Waals surface area (Å²) in [6.45, 7) is 5.33. The molecule has 0 unspecified atom stereocenters. The molecule has 0 bridgehead atoms. The first-order chi connectivity index (χ1) is 10.2. The summed E-state index contributed by atoms with van der Waals surface area (Å²) >= 11 is 0. The number of rotatable bonds is 5. The minimum Gasteiger partial charge on any atom is -0.497 e. The highest BCUT2D eigenvalue weighted by molar-refractivity contribution is 5.95. The van der Waals surface area contributed by atoms with Crippen LogP contribution in [0.25, 0.3) is 0 Å². The number of carbonyl (C=O) groups excluding carboxylic acids is 1. The second kappa shape index (κ2) is 7.31. The first-order valence-electron chi connectivity index (χ1n) is 7.42. The van der Waals surface area contributed by atoms with Gasteiger partial charge in [0.15, 0.2) is 0 Å². The van der Waals surface area contributed by atoms with Crippen LogP contribution in [-0.2, 0) is 0 Å². The van der Waals surface area contributed by atoms with E-state index >= 15 is 0 Å². The summed E-state index contributed by atoms with van der Waals surface area (Å²) in [6, 6.07) is 5.48. The quantitative estimate of drug-likeness (QED) is 0.901. The lowest BCUT2D eigenvalue weighted by molar-refractivity contribution is 0.0912. The number of methoxy groups -OCH3 is 2. The van der Waals surface area contributed by atoms with Gasteiger partial charge < -0.3 is 19.7 Å². The molecule has 1 aliphatic heterocycles. The topological polar surface area (TPSA) is 50.8 Å². The summed E-state index contributed by atoms with van der Waals surface area (Å²) in [5.74, 6) is 1.18. The number of ether oxygens (including phenoxy) is 2. The normalized spacial score (nSPS) is 16.5. The van der Waals surface area contributed by atoms with Crippen LogP contribution >= 0.6 is 0 Å². The van der Waals surface area contributed by atoms with Crippen LogP contribution in [0.4, 0.5) is 0 Å². The van der Waals surface area contributed by atoms with E-state index in [1.807, 2.05) is 0 Å². The second-order valence-electron chi connectivity index (χ2n) is 5.28. The number of hydrogen-bond acceptors (Lipinski definition) is 4. The maximum Gasteiger partial charge on any atom is 0.251 e. The summed E-state index contributed by atoms with van der Waals surface area (Å²) < 4.78 is 10.4. The average molecular weight is 292 g/mol. The van der Waals surface area contributed by atoms with Crippen LogP contribution in [0.15, 0.2) is 18.2 Å². The number of nitrogens with zero attached hydrogens (tertiary/aromatic N) is 1. The lowest BCUT2D eigenvalue weighted by Gasteiger charge is -2.31. The fourth-order valence-corrected chi connectivity index (χ4v) is 2.60. The molecule has 0 atom stereocenters. The lowest BCUT2D eigenvalue weighted by atomic mass is 10.0. The standard InChI is InChI=1S/C16H24N2O3/c1-4-18-7-5-13(6-8-18)17-16(19)12-9-14(20-2)11-15(10-12)21-3/h9-11,13H,4-8H2,1-3H3,(H,17,19). The van der Waals surface area contributed by atoms with Gasteiger partial charge in [-0.25, -0.2) is 0 Å². The average Bonchev–Trinajstić information content (AvgIpc) is 2.54. The van der Waals surface area contributed by atoms with E-state index < -0.39 is 0 Å². The molecule has 1 amide bonds. The van der Waals surface area contributed by atoms with Gasteiger partial charge in [0.05, 0.1) is 14.2 Å². The Hall–Kier alpha value is -1.75. The highest BCUT2D eigenvalue weighted by Crippen LogP contribution is 2.22. The van der Waals surface area contributed by atoms with Crippen molar-refractivity contribution in [1.82, 2.24) is 10.2 Å². The molecule has 0 saturated carbocycles. The van der Waals surface area contributed by atoms with Crippen molar-refractivity contribution in [3.05, 3.63) is 23.8 Å². The Balaban J connectivity index is 2.00. The molecule has 1 heterocycles. The summed E-state index contributed by atoms with van der Waals surface area (Å²) in [7, 11) is 3.16. The molecule has 1 aromatic carbocycles. The maximum absolute atomic E-state index is 12.4. The Kier molecular flexibility index (Phi) is 5.44. The molecule has 1 saturated heterocycles. The Morgan fingerprint density at radius 3 is 2.24 bits per heavy atom. The van der Waals surface area contributed by atoms with Gasteiger partial charge in [-0.2, -0.15) is 0 Å². The number of nitrogens with one attached hydrogen (secondary N) is 1. The van der Waals surface area contributed by atoms with E-state index in [1.165, 1.54) is 0 Å². The highest BCUT2D eigenvalue weighted by atomic mass is 16.5. The molecule has 1 N–H and O–H groups in total. The zero-order chi connectivity index (χ0) is 15.2. The molecule has 0 radical (unpaired) electrons. The van der Waals surface area contributed by atoms with Crippen molar-refractivity contribution < 1.29 is 14.3 Å². The number of amides is 1. The van der Waals surface area contributed by atoms with Gasteiger partial charge in [0, 0.05) is 30.8 Å². The van der Waals surface area contributed by atoms with Gasteiger partial charge in [-0.05, 0) is 31.5 Å². The fraction of sp³-hybridized carbons (Fsp3) is 0.562. The number of likely N-dealkylation sites (tertiary alicyclic amines) is 1. The predicted octanol–water partition coefficient (Wildman–Crippen LogP) is 1.92. The largest absolute Gasteiger partial charge is 0.497 e. The summed E-state index contributed by atoms with van der Waals surface area (Å²) in [4.78, 5) is 14.8. The Morgan fingerprint density at radius 1 is 1.19 bits per heavy atom. The fourth-order valence-electron chi connectivity index (χ4n) is 2.60. The third-order valence-corrected chi connectivity index (χ3v) is 3.98.